The predicted octanol–water partition coefficient (Wildman–Crippen LogP) is 2.96. The Balaban J connectivity index is 2.58. The number of hydrogen-bond donors (Lipinski definition) is 3. The van der Waals surface area contributed by atoms with Gasteiger partial charge in [-0.1, -0.05) is 0 Å². The fourth-order valence-electron chi connectivity index (χ4n) is 1.74. The summed E-state index contributed by atoms with van der Waals surface area (Å²) in [6, 6.07) is 4.55. The maximum Gasteiger partial charge on any atom is 0.335 e. The van der Waals surface area contributed by atoms with Gasteiger partial charge in [-0.2, -0.15) is 11.8 Å². The molecule has 0 aliphatic heterocycles. The monoisotopic (exact) mass is 296 g/mol. The fourth-order valence-corrected chi connectivity index (χ4v) is 2.33. The lowest BCUT2D eigenvalue weighted by molar-refractivity contribution is 0.0696. The molecule has 0 aliphatic rings. The van der Waals surface area contributed by atoms with E-state index >= 15 is 0 Å². The Hall–Kier alpha value is -1.69. The Kier molecular flexibility index (Phi) is 6.38. The molecule has 0 aromatic heterocycles. The average Bonchev–Trinajstić information content (AvgIpc) is 2.35. The molecule has 2 amide bonds. The molecule has 0 radical (unpaired) electrons. The summed E-state index contributed by atoms with van der Waals surface area (Å²) in [6.45, 7) is 3.65. The van der Waals surface area contributed by atoms with Crippen LogP contribution in [-0.4, -0.2) is 35.2 Å². The van der Waals surface area contributed by atoms with Gasteiger partial charge in [0.2, 0.25) is 0 Å². The number of carboxylic acids is 1. The summed E-state index contributed by atoms with van der Waals surface area (Å²) in [7, 11) is 0. The lowest BCUT2D eigenvalue weighted by Gasteiger charge is -2.14. The van der Waals surface area contributed by atoms with Crippen molar-refractivity contribution in [1.82, 2.24) is 5.32 Å². The highest BCUT2D eigenvalue weighted by Crippen LogP contribution is 2.15. The van der Waals surface area contributed by atoms with Gasteiger partial charge in [-0.05, 0) is 56.0 Å². The van der Waals surface area contributed by atoms with Crippen molar-refractivity contribution >= 4 is 29.4 Å². The highest BCUT2D eigenvalue weighted by atomic mass is 32.2. The van der Waals surface area contributed by atoms with Gasteiger partial charge in [-0.3, -0.25) is 0 Å². The summed E-state index contributed by atoms with van der Waals surface area (Å²) >= 11 is 1.74. The summed E-state index contributed by atoms with van der Waals surface area (Å²) in [6.07, 6.45) is 2.94. The first-order valence-corrected chi connectivity index (χ1v) is 7.73. The van der Waals surface area contributed by atoms with Crippen LogP contribution in [-0.2, 0) is 0 Å². The van der Waals surface area contributed by atoms with Crippen molar-refractivity contribution in [1.29, 1.82) is 0 Å². The van der Waals surface area contributed by atoms with Gasteiger partial charge in [0.05, 0.1) is 5.56 Å². The van der Waals surface area contributed by atoms with E-state index < -0.39 is 5.97 Å². The molecule has 0 saturated heterocycles. The molecule has 5 nitrogen and oxygen atoms in total. The van der Waals surface area contributed by atoms with E-state index in [1.165, 1.54) is 6.07 Å². The largest absolute Gasteiger partial charge is 0.478 e. The SMILES string of the molecule is CSCCC(C)NC(=O)Nc1ccc(C(=O)O)c(C)c1. The normalized spacial score (nSPS) is 11.8. The molecule has 6 heteroatoms. The topological polar surface area (TPSA) is 78.4 Å². The third-order valence-electron chi connectivity index (χ3n) is 2.85. The smallest absolute Gasteiger partial charge is 0.335 e. The van der Waals surface area contributed by atoms with Crippen LogP contribution in [0.25, 0.3) is 0 Å². The van der Waals surface area contributed by atoms with Crippen LogP contribution >= 0.6 is 11.8 Å². The van der Waals surface area contributed by atoms with E-state index in [2.05, 4.69) is 10.6 Å². The van der Waals surface area contributed by atoms with Crippen molar-refractivity contribution in [3.8, 4) is 0 Å². The number of aromatic carboxylic acids is 1. The molecule has 0 aliphatic carbocycles. The van der Waals surface area contributed by atoms with E-state index in [4.69, 9.17) is 5.11 Å². The number of aryl methyl sites for hydroxylation is 1. The maximum atomic E-state index is 11.8. The summed E-state index contributed by atoms with van der Waals surface area (Å²) in [4.78, 5) is 22.7. The second-order valence-electron chi connectivity index (χ2n) is 4.62. The van der Waals surface area contributed by atoms with E-state index in [-0.39, 0.29) is 17.6 Å². The van der Waals surface area contributed by atoms with Crippen molar-refractivity contribution < 1.29 is 14.7 Å². The Morgan fingerprint density at radius 1 is 1.40 bits per heavy atom. The molecular weight excluding hydrogens is 276 g/mol. The van der Waals surface area contributed by atoms with Gasteiger partial charge in [-0.25, -0.2) is 9.59 Å². The number of carboxylic acid groups (broad SMARTS) is 1. The summed E-state index contributed by atoms with van der Waals surface area (Å²) < 4.78 is 0. The Labute approximate surface area is 123 Å². The number of hydrogen-bond acceptors (Lipinski definition) is 3. The molecule has 0 heterocycles. The third-order valence-corrected chi connectivity index (χ3v) is 3.49. The molecule has 0 fully saturated rings. The zero-order chi connectivity index (χ0) is 15.1. The molecule has 20 heavy (non-hydrogen) atoms. The van der Waals surface area contributed by atoms with Gasteiger partial charge < -0.3 is 15.7 Å². The average molecular weight is 296 g/mol. The minimum Gasteiger partial charge on any atom is -0.478 e. The first-order chi connectivity index (χ1) is 9.43. The van der Waals surface area contributed by atoms with E-state index in [9.17, 15) is 9.59 Å². The molecule has 1 atom stereocenters. The molecule has 1 rings (SSSR count). The molecule has 0 spiro atoms. The van der Waals surface area contributed by atoms with E-state index in [1.807, 2.05) is 13.2 Å². The van der Waals surface area contributed by atoms with Crippen molar-refractivity contribution in [3.63, 3.8) is 0 Å². The number of carbonyl (C=O) groups excluding carboxylic acids is 1. The Morgan fingerprint density at radius 3 is 2.65 bits per heavy atom. The van der Waals surface area contributed by atoms with Crippen molar-refractivity contribution in [2.45, 2.75) is 26.3 Å². The number of anilines is 1. The molecular formula is C14H20N2O3S. The molecule has 1 aromatic rings. The highest BCUT2D eigenvalue weighted by molar-refractivity contribution is 7.98. The Bertz CT molecular complexity index is 491. The van der Waals surface area contributed by atoms with Crippen molar-refractivity contribution in [3.05, 3.63) is 29.3 Å². The molecule has 0 bridgehead atoms. The number of rotatable bonds is 6. The van der Waals surface area contributed by atoms with Crippen molar-refractivity contribution in [2.75, 3.05) is 17.3 Å². The fraction of sp³-hybridized carbons (Fsp3) is 0.429. The van der Waals surface area contributed by atoms with Crippen LogP contribution in [0.1, 0.15) is 29.3 Å². The zero-order valence-corrected chi connectivity index (χ0v) is 12.7. The van der Waals surface area contributed by atoms with Crippen LogP contribution in [0.3, 0.4) is 0 Å². The Morgan fingerprint density at radius 2 is 2.10 bits per heavy atom. The minimum absolute atomic E-state index is 0.0989. The number of nitrogens with one attached hydrogen (secondary N) is 2. The summed E-state index contributed by atoms with van der Waals surface area (Å²) in [5, 5.41) is 14.5. The number of thioether (sulfide) groups is 1. The van der Waals surface area contributed by atoms with Crippen LogP contribution < -0.4 is 10.6 Å². The number of amides is 2. The van der Waals surface area contributed by atoms with E-state index in [1.54, 1.807) is 30.8 Å². The number of urea groups is 1. The second kappa shape index (κ2) is 7.79. The molecule has 1 unspecified atom stereocenters. The van der Waals surface area contributed by atoms with Gasteiger partial charge in [-0.15, -0.1) is 0 Å². The first kappa shape index (κ1) is 16.4. The van der Waals surface area contributed by atoms with Gasteiger partial charge >= 0.3 is 12.0 Å². The van der Waals surface area contributed by atoms with Crippen molar-refractivity contribution in [2.24, 2.45) is 0 Å². The van der Waals surface area contributed by atoms with Crippen LogP contribution in [0.2, 0.25) is 0 Å². The molecule has 3 N–H and O–H groups in total. The number of benzene rings is 1. The highest BCUT2D eigenvalue weighted by Gasteiger charge is 2.10. The minimum atomic E-state index is -0.968. The van der Waals surface area contributed by atoms with E-state index in [0.717, 1.165) is 12.2 Å². The lowest BCUT2D eigenvalue weighted by Crippen LogP contribution is -2.36. The zero-order valence-electron chi connectivity index (χ0n) is 11.9. The van der Waals surface area contributed by atoms with Crippen LogP contribution in [0, 0.1) is 6.92 Å². The third kappa shape index (κ3) is 5.13. The first-order valence-electron chi connectivity index (χ1n) is 6.34. The molecule has 0 saturated carbocycles. The van der Waals surface area contributed by atoms with Gasteiger partial charge in [0.15, 0.2) is 0 Å². The van der Waals surface area contributed by atoms with Gasteiger partial charge in [0, 0.05) is 11.7 Å². The van der Waals surface area contributed by atoms with Gasteiger partial charge in [0.25, 0.3) is 0 Å². The predicted molar refractivity (Wildman–Crippen MR) is 82.8 cm³/mol. The standard InChI is InChI=1S/C14H20N2O3S/c1-9-8-11(4-5-12(9)13(17)18)16-14(19)15-10(2)6-7-20-3/h4-5,8,10H,6-7H2,1-3H3,(H,17,18)(H2,15,16,19). The van der Waals surface area contributed by atoms with Crippen LogP contribution in [0.5, 0.6) is 0 Å². The van der Waals surface area contributed by atoms with Crippen LogP contribution in [0.4, 0.5) is 10.5 Å². The maximum absolute atomic E-state index is 11.8. The number of carbonyl (C=O) groups is 2. The molecule has 110 valence electrons. The van der Waals surface area contributed by atoms with Gasteiger partial charge in [0.1, 0.15) is 0 Å². The second-order valence-corrected chi connectivity index (χ2v) is 5.60. The van der Waals surface area contributed by atoms with E-state index in [0.29, 0.717) is 11.3 Å². The lowest BCUT2D eigenvalue weighted by atomic mass is 10.1. The van der Waals surface area contributed by atoms with Crippen LogP contribution in [0.15, 0.2) is 18.2 Å². The summed E-state index contributed by atoms with van der Waals surface area (Å²) in [5.41, 5.74) is 1.44. The summed E-state index contributed by atoms with van der Waals surface area (Å²) in [5.74, 6) is 0.0256. The quantitative estimate of drug-likeness (QED) is 0.754. The molecule has 1 aromatic carbocycles.